The number of carbonyl (C=O) groups excluding carboxylic acids is 1. The minimum Gasteiger partial charge on any atom is -0.305 e. The summed E-state index contributed by atoms with van der Waals surface area (Å²) in [5.41, 5.74) is 1.33. The topological polar surface area (TPSA) is 59.8 Å². The molecule has 0 aliphatic carbocycles. The average Bonchev–Trinajstić information content (AvgIpc) is 2.61. The summed E-state index contributed by atoms with van der Waals surface area (Å²) in [6.45, 7) is 1.85. The van der Waals surface area contributed by atoms with Gasteiger partial charge in [-0.3, -0.25) is 9.48 Å². The molecule has 0 unspecified atom stereocenters. The number of hydrogen-bond donors (Lipinski definition) is 1. The van der Waals surface area contributed by atoms with Gasteiger partial charge in [-0.05, 0) is 47.7 Å². The minimum absolute atomic E-state index is 0.207. The zero-order valence-electron chi connectivity index (χ0n) is 9.44. The molecule has 1 amide bonds. The monoisotopic (exact) mass is 342 g/mol. The molecule has 0 aliphatic rings. The summed E-state index contributed by atoms with van der Waals surface area (Å²) in [7, 11) is 1.74. The Hall–Kier alpha value is -1.44. The Morgan fingerprint density at radius 2 is 2.24 bits per heavy atom. The van der Waals surface area contributed by atoms with Crippen LogP contribution in [0.5, 0.6) is 0 Å². The molecule has 0 aromatic carbocycles. The van der Waals surface area contributed by atoms with Crippen LogP contribution in [0.4, 0.5) is 5.82 Å². The number of aryl methyl sites for hydroxylation is 2. The van der Waals surface area contributed by atoms with Gasteiger partial charge in [0.2, 0.25) is 0 Å². The Kier molecular flexibility index (Phi) is 3.41. The Morgan fingerprint density at radius 3 is 2.76 bits per heavy atom. The fraction of sp³-hybridized carbons (Fsp3) is 0.182. The van der Waals surface area contributed by atoms with Crippen LogP contribution in [0.15, 0.2) is 24.4 Å². The molecule has 0 radical (unpaired) electrons. The number of hydrogen-bond acceptors (Lipinski definition) is 3. The van der Waals surface area contributed by atoms with Crippen molar-refractivity contribution in [3.63, 3.8) is 0 Å². The van der Waals surface area contributed by atoms with Crippen molar-refractivity contribution in [3.8, 4) is 0 Å². The standard InChI is InChI=1S/C11H11IN4O/c1-7-5-9(16(2)15-7)11(17)14-10-4-3-8(12)6-13-10/h3-6H,1-2H3,(H,13,14,17). The normalized spacial score (nSPS) is 10.3. The molecule has 2 heterocycles. The van der Waals surface area contributed by atoms with Gasteiger partial charge >= 0.3 is 0 Å². The summed E-state index contributed by atoms with van der Waals surface area (Å²) in [5, 5.41) is 6.85. The molecule has 0 atom stereocenters. The van der Waals surface area contributed by atoms with Crippen LogP contribution in [-0.2, 0) is 7.05 Å². The van der Waals surface area contributed by atoms with Gasteiger partial charge in [-0.25, -0.2) is 4.98 Å². The molecule has 0 aliphatic heterocycles. The van der Waals surface area contributed by atoms with Crippen molar-refractivity contribution in [2.45, 2.75) is 6.92 Å². The molecule has 0 saturated heterocycles. The maximum absolute atomic E-state index is 11.9. The van der Waals surface area contributed by atoms with Gasteiger partial charge in [0.1, 0.15) is 11.5 Å². The highest BCUT2D eigenvalue weighted by molar-refractivity contribution is 14.1. The molecule has 2 rings (SSSR count). The van der Waals surface area contributed by atoms with E-state index < -0.39 is 0 Å². The van der Waals surface area contributed by atoms with Crippen molar-refractivity contribution >= 4 is 34.3 Å². The lowest BCUT2D eigenvalue weighted by Gasteiger charge is -2.04. The molecule has 0 spiro atoms. The second-order valence-corrected chi connectivity index (χ2v) is 4.86. The highest BCUT2D eigenvalue weighted by atomic mass is 127. The van der Waals surface area contributed by atoms with Crippen molar-refractivity contribution in [3.05, 3.63) is 39.4 Å². The number of rotatable bonds is 2. The first-order chi connectivity index (χ1) is 8.06. The molecule has 2 aromatic heterocycles. The van der Waals surface area contributed by atoms with Crippen LogP contribution in [0.1, 0.15) is 16.2 Å². The smallest absolute Gasteiger partial charge is 0.275 e. The van der Waals surface area contributed by atoms with Crippen LogP contribution in [0.3, 0.4) is 0 Å². The molecule has 6 heteroatoms. The van der Waals surface area contributed by atoms with Crippen molar-refractivity contribution in [2.75, 3.05) is 5.32 Å². The quantitative estimate of drug-likeness (QED) is 0.849. The van der Waals surface area contributed by atoms with E-state index in [4.69, 9.17) is 0 Å². The Bertz CT molecular complexity index is 547. The van der Waals surface area contributed by atoms with E-state index in [-0.39, 0.29) is 5.91 Å². The van der Waals surface area contributed by atoms with Crippen molar-refractivity contribution in [1.29, 1.82) is 0 Å². The lowest BCUT2D eigenvalue weighted by atomic mass is 10.3. The number of nitrogens with one attached hydrogen (secondary N) is 1. The van der Waals surface area contributed by atoms with Crippen molar-refractivity contribution < 1.29 is 4.79 Å². The van der Waals surface area contributed by atoms with Crippen LogP contribution in [-0.4, -0.2) is 20.7 Å². The predicted octanol–water partition coefficient (Wildman–Crippen LogP) is 1.98. The molecule has 5 nitrogen and oxygen atoms in total. The van der Waals surface area contributed by atoms with Gasteiger partial charge < -0.3 is 5.32 Å². The number of anilines is 1. The zero-order chi connectivity index (χ0) is 12.4. The van der Waals surface area contributed by atoms with Gasteiger partial charge in [-0.15, -0.1) is 0 Å². The number of carbonyl (C=O) groups is 1. The number of halogens is 1. The Morgan fingerprint density at radius 1 is 1.47 bits per heavy atom. The second-order valence-electron chi connectivity index (χ2n) is 3.61. The minimum atomic E-state index is -0.207. The third-order valence-corrected chi connectivity index (χ3v) is 2.84. The van der Waals surface area contributed by atoms with Gasteiger partial charge in [-0.1, -0.05) is 0 Å². The predicted molar refractivity (Wildman–Crippen MR) is 72.9 cm³/mol. The van der Waals surface area contributed by atoms with Gasteiger partial charge in [0, 0.05) is 16.8 Å². The molecule has 0 saturated carbocycles. The van der Waals surface area contributed by atoms with Crippen molar-refractivity contribution in [2.24, 2.45) is 7.05 Å². The Balaban J connectivity index is 2.17. The molecular formula is C11H11IN4O. The van der Waals surface area contributed by atoms with Crippen LogP contribution < -0.4 is 5.32 Å². The van der Waals surface area contributed by atoms with E-state index in [1.54, 1.807) is 30.1 Å². The van der Waals surface area contributed by atoms with E-state index in [1.165, 1.54) is 0 Å². The van der Waals surface area contributed by atoms with E-state index in [1.807, 2.05) is 13.0 Å². The molecule has 17 heavy (non-hydrogen) atoms. The van der Waals surface area contributed by atoms with E-state index in [0.29, 0.717) is 11.5 Å². The zero-order valence-corrected chi connectivity index (χ0v) is 11.6. The fourth-order valence-electron chi connectivity index (χ4n) is 1.45. The number of pyridine rings is 1. The lowest BCUT2D eigenvalue weighted by Crippen LogP contribution is -2.16. The summed E-state index contributed by atoms with van der Waals surface area (Å²) >= 11 is 2.16. The second kappa shape index (κ2) is 4.82. The molecule has 88 valence electrons. The maximum Gasteiger partial charge on any atom is 0.275 e. The van der Waals surface area contributed by atoms with E-state index >= 15 is 0 Å². The molecule has 0 fully saturated rings. The Labute approximate surface area is 112 Å². The van der Waals surface area contributed by atoms with E-state index in [9.17, 15) is 4.79 Å². The van der Waals surface area contributed by atoms with Crippen LogP contribution in [0, 0.1) is 10.5 Å². The molecule has 0 bridgehead atoms. The first kappa shape index (κ1) is 12.0. The first-order valence-electron chi connectivity index (χ1n) is 5.00. The number of aromatic nitrogens is 3. The summed E-state index contributed by atoms with van der Waals surface area (Å²) in [5.74, 6) is 0.330. The van der Waals surface area contributed by atoms with Gasteiger partial charge in [0.25, 0.3) is 5.91 Å². The highest BCUT2D eigenvalue weighted by Crippen LogP contribution is 2.09. The number of nitrogens with zero attached hydrogens (tertiary/aromatic N) is 3. The summed E-state index contributed by atoms with van der Waals surface area (Å²) in [6, 6.07) is 5.39. The van der Waals surface area contributed by atoms with E-state index in [0.717, 1.165) is 9.26 Å². The van der Waals surface area contributed by atoms with Crippen LogP contribution in [0.25, 0.3) is 0 Å². The highest BCUT2D eigenvalue weighted by Gasteiger charge is 2.12. The lowest BCUT2D eigenvalue weighted by molar-refractivity contribution is 0.101. The summed E-state index contributed by atoms with van der Waals surface area (Å²) < 4.78 is 2.58. The molecule has 2 aromatic rings. The van der Waals surface area contributed by atoms with Crippen LogP contribution in [0.2, 0.25) is 0 Å². The van der Waals surface area contributed by atoms with Gasteiger partial charge in [0.05, 0.1) is 5.69 Å². The summed E-state index contributed by atoms with van der Waals surface area (Å²) in [6.07, 6.45) is 1.70. The van der Waals surface area contributed by atoms with Gasteiger partial charge in [-0.2, -0.15) is 5.10 Å². The summed E-state index contributed by atoms with van der Waals surface area (Å²) in [4.78, 5) is 16.0. The van der Waals surface area contributed by atoms with Gasteiger partial charge in [0.15, 0.2) is 0 Å². The van der Waals surface area contributed by atoms with Crippen molar-refractivity contribution in [1.82, 2.24) is 14.8 Å². The largest absolute Gasteiger partial charge is 0.305 e. The molecule has 1 N–H and O–H groups in total. The maximum atomic E-state index is 11.9. The average molecular weight is 342 g/mol. The first-order valence-corrected chi connectivity index (χ1v) is 6.07. The third kappa shape index (κ3) is 2.82. The van der Waals surface area contributed by atoms with Crippen LogP contribution >= 0.6 is 22.6 Å². The molecular weight excluding hydrogens is 331 g/mol. The SMILES string of the molecule is Cc1cc(C(=O)Nc2ccc(I)cn2)n(C)n1. The fourth-order valence-corrected chi connectivity index (χ4v) is 1.77. The number of amides is 1. The van der Waals surface area contributed by atoms with E-state index in [2.05, 4.69) is 38.0 Å². The third-order valence-electron chi connectivity index (χ3n) is 2.20.